The van der Waals surface area contributed by atoms with Crippen LogP contribution in [0.3, 0.4) is 0 Å². The van der Waals surface area contributed by atoms with Crippen molar-refractivity contribution in [3.8, 4) is 11.5 Å². The zero-order valence-electron chi connectivity index (χ0n) is 16.9. The molecule has 31 heavy (non-hydrogen) atoms. The Morgan fingerprint density at radius 3 is 2.23 bits per heavy atom. The van der Waals surface area contributed by atoms with E-state index in [9.17, 15) is 13.2 Å². The summed E-state index contributed by atoms with van der Waals surface area (Å²) in [6.45, 7) is -0.474. The lowest BCUT2D eigenvalue weighted by Gasteiger charge is -2.25. The van der Waals surface area contributed by atoms with E-state index in [0.29, 0.717) is 22.2 Å². The van der Waals surface area contributed by atoms with E-state index in [4.69, 9.17) is 21.1 Å². The van der Waals surface area contributed by atoms with Crippen LogP contribution < -0.4 is 19.1 Å². The maximum atomic E-state index is 13.4. The molecule has 3 aromatic rings. The molecule has 0 aliphatic heterocycles. The van der Waals surface area contributed by atoms with Crippen molar-refractivity contribution in [3.05, 3.63) is 77.8 Å². The SMILES string of the molecule is COc1ccc(N(CC(=O)Nc2ccccc2Cl)S(=O)(=O)c2ccccc2)cc1OC. The first-order valence-corrected chi connectivity index (χ1v) is 11.0. The molecule has 1 amide bonds. The number of carbonyl (C=O) groups excluding carboxylic acids is 1. The van der Waals surface area contributed by atoms with Crippen LogP contribution in [-0.2, 0) is 14.8 Å². The van der Waals surface area contributed by atoms with Gasteiger partial charge in [-0.2, -0.15) is 0 Å². The molecule has 0 aliphatic carbocycles. The van der Waals surface area contributed by atoms with Crippen molar-refractivity contribution in [2.24, 2.45) is 0 Å². The number of ether oxygens (including phenoxy) is 2. The summed E-state index contributed by atoms with van der Waals surface area (Å²) in [7, 11) is -1.13. The van der Waals surface area contributed by atoms with Gasteiger partial charge < -0.3 is 14.8 Å². The predicted molar refractivity (Wildman–Crippen MR) is 121 cm³/mol. The molecule has 1 N–H and O–H groups in total. The molecule has 0 saturated carbocycles. The Morgan fingerprint density at radius 2 is 1.58 bits per heavy atom. The van der Waals surface area contributed by atoms with Crippen molar-refractivity contribution in [1.82, 2.24) is 0 Å². The van der Waals surface area contributed by atoms with Gasteiger partial charge in [0, 0.05) is 6.07 Å². The van der Waals surface area contributed by atoms with Crippen LogP contribution in [0.25, 0.3) is 0 Å². The van der Waals surface area contributed by atoms with Gasteiger partial charge in [0.05, 0.1) is 35.5 Å². The van der Waals surface area contributed by atoms with Gasteiger partial charge in [0.25, 0.3) is 10.0 Å². The first kappa shape index (κ1) is 22.5. The normalized spacial score (nSPS) is 10.9. The summed E-state index contributed by atoms with van der Waals surface area (Å²) >= 11 is 6.10. The Balaban J connectivity index is 2.01. The first-order valence-electron chi connectivity index (χ1n) is 9.21. The Kier molecular flexibility index (Phi) is 7.04. The lowest BCUT2D eigenvalue weighted by molar-refractivity contribution is -0.114. The molecule has 7 nitrogen and oxygen atoms in total. The number of amides is 1. The topological polar surface area (TPSA) is 84.9 Å². The lowest BCUT2D eigenvalue weighted by Crippen LogP contribution is -2.38. The highest BCUT2D eigenvalue weighted by Crippen LogP contribution is 2.34. The van der Waals surface area contributed by atoms with E-state index in [1.54, 1.807) is 54.6 Å². The highest BCUT2D eigenvalue weighted by molar-refractivity contribution is 7.92. The minimum Gasteiger partial charge on any atom is -0.493 e. The fraction of sp³-hybridized carbons (Fsp3) is 0.136. The molecule has 9 heteroatoms. The van der Waals surface area contributed by atoms with Crippen molar-refractivity contribution in [2.45, 2.75) is 4.90 Å². The summed E-state index contributed by atoms with van der Waals surface area (Å²) in [5, 5.41) is 3.00. The van der Waals surface area contributed by atoms with Crippen LogP contribution in [0.1, 0.15) is 0 Å². The molecule has 162 valence electrons. The largest absolute Gasteiger partial charge is 0.493 e. The Labute approximate surface area is 186 Å². The van der Waals surface area contributed by atoms with Gasteiger partial charge in [-0.15, -0.1) is 0 Å². The molecule has 0 heterocycles. The van der Waals surface area contributed by atoms with Crippen LogP contribution in [0.2, 0.25) is 5.02 Å². The highest BCUT2D eigenvalue weighted by Gasteiger charge is 2.28. The quantitative estimate of drug-likeness (QED) is 0.544. The standard InChI is InChI=1S/C22H21ClN2O5S/c1-29-20-13-12-16(14-21(20)30-2)25(31(27,28)17-8-4-3-5-9-17)15-22(26)24-19-11-7-6-10-18(19)23/h3-14H,15H2,1-2H3,(H,24,26). The average Bonchev–Trinajstić information content (AvgIpc) is 2.79. The molecule has 0 unspecified atom stereocenters. The zero-order chi connectivity index (χ0) is 22.4. The zero-order valence-corrected chi connectivity index (χ0v) is 18.5. The van der Waals surface area contributed by atoms with E-state index in [-0.39, 0.29) is 10.6 Å². The first-order chi connectivity index (χ1) is 14.9. The number of hydrogen-bond acceptors (Lipinski definition) is 5. The van der Waals surface area contributed by atoms with E-state index in [1.807, 2.05) is 0 Å². The number of nitrogens with one attached hydrogen (secondary N) is 1. The summed E-state index contributed by atoms with van der Waals surface area (Å²) in [4.78, 5) is 12.8. The molecule has 0 saturated heterocycles. The van der Waals surface area contributed by atoms with Crippen molar-refractivity contribution in [1.29, 1.82) is 0 Å². The third-order valence-corrected chi connectivity index (χ3v) is 6.54. The van der Waals surface area contributed by atoms with Gasteiger partial charge in [-0.05, 0) is 36.4 Å². The van der Waals surface area contributed by atoms with Crippen molar-refractivity contribution >= 4 is 38.9 Å². The number of nitrogens with zero attached hydrogens (tertiary/aromatic N) is 1. The van der Waals surface area contributed by atoms with E-state index < -0.39 is 22.5 Å². The van der Waals surface area contributed by atoms with E-state index in [1.165, 1.54) is 32.4 Å². The summed E-state index contributed by atoms with van der Waals surface area (Å²) in [5.74, 6) is 0.214. The monoisotopic (exact) mass is 460 g/mol. The van der Waals surface area contributed by atoms with Crippen molar-refractivity contribution in [3.63, 3.8) is 0 Å². The Bertz CT molecular complexity index is 1170. The molecule has 0 spiro atoms. The second-order valence-corrected chi connectivity index (χ2v) is 8.66. The maximum absolute atomic E-state index is 13.4. The second kappa shape index (κ2) is 9.72. The van der Waals surface area contributed by atoms with Crippen molar-refractivity contribution < 1.29 is 22.7 Å². The Morgan fingerprint density at radius 1 is 0.935 bits per heavy atom. The van der Waals surface area contributed by atoms with Gasteiger partial charge in [-0.1, -0.05) is 41.9 Å². The molecule has 0 aromatic heterocycles. The number of anilines is 2. The maximum Gasteiger partial charge on any atom is 0.264 e. The molecule has 3 rings (SSSR count). The molecule has 3 aromatic carbocycles. The summed E-state index contributed by atoms with van der Waals surface area (Å²) < 4.78 is 38.3. The average molecular weight is 461 g/mol. The molecular weight excluding hydrogens is 440 g/mol. The minimum atomic E-state index is -4.05. The summed E-state index contributed by atoms with van der Waals surface area (Å²) in [5.41, 5.74) is 0.634. The lowest BCUT2D eigenvalue weighted by atomic mass is 10.2. The van der Waals surface area contributed by atoms with Crippen LogP contribution >= 0.6 is 11.6 Å². The van der Waals surface area contributed by atoms with Gasteiger partial charge >= 0.3 is 0 Å². The predicted octanol–water partition coefficient (Wildman–Crippen LogP) is 4.19. The number of halogens is 1. The van der Waals surface area contributed by atoms with Crippen LogP contribution in [0.5, 0.6) is 11.5 Å². The smallest absolute Gasteiger partial charge is 0.264 e. The van der Waals surface area contributed by atoms with Gasteiger partial charge in [-0.3, -0.25) is 9.10 Å². The number of methoxy groups -OCH3 is 2. The van der Waals surface area contributed by atoms with E-state index >= 15 is 0 Å². The summed E-state index contributed by atoms with van der Waals surface area (Å²) in [6.07, 6.45) is 0. The van der Waals surface area contributed by atoms with Gasteiger partial charge in [0.2, 0.25) is 5.91 Å². The van der Waals surface area contributed by atoms with Crippen LogP contribution in [0, 0.1) is 0 Å². The highest BCUT2D eigenvalue weighted by atomic mass is 35.5. The van der Waals surface area contributed by atoms with E-state index in [0.717, 1.165) is 4.31 Å². The number of sulfonamides is 1. The molecule has 0 atom stereocenters. The second-order valence-electron chi connectivity index (χ2n) is 6.39. The third-order valence-electron chi connectivity index (χ3n) is 4.42. The Hall–Kier alpha value is -3.23. The molecule has 0 radical (unpaired) electrons. The van der Waals surface area contributed by atoms with Crippen LogP contribution in [0.4, 0.5) is 11.4 Å². The number of benzene rings is 3. The molecule has 0 fully saturated rings. The third kappa shape index (κ3) is 5.10. The minimum absolute atomic E-state index is 0.0512. The fourth-order valence-corrected chi connectivity index (χ4v) is 4.51. The van der Waals surface area contributed by atoms with Crippen LogP contribution in [0.15, 0.2) is 77.7 Å². The fourth-order valence-electron chi connectivity index (χ4n) is 2.90. The molecule has 0 bridgehead atoms. The van der Waals surface area contributed by atoms with Gasteiger partial charge in [-0.25, -0.2) is 8.42 Å². The number of hydrogen-bond donors (Lipinski definition) is 1. The van der Waals surface area contributed by atoms with Crippen molar-refractivity contribution in [2.75, 3.05) is 30.4 Å². The molecular formula is C22H21ClN2O5S. The molecule has 0 aliphatic rings. The number of para-hydroxylation sites is 1. The van der Waals surface area contributed by atoms with Crippen LogP contribution in [-0.4, -0.2) is 35.1 Å². The van der Waals surface area contributed by atoms with E-state index in [2.05, 4.69) is 5.32 Å². The number of carbonyl (C=O) groups is 1. The summed E-state index contributed by atoms with van der Waals surface area (Å²) in [6, 6.07) is 19.2. The van der Waals surface area contributed by atoms with Gasteiger partial charge in [0.15, 0.2) is 11.5 Å². The van der Waals surface area contributed by atoms with Gasteiger partial charge in [0.1, 0.15) is 6.54 Å². The number of rotatable bonds is 8.